The van der Waals surface area contributed by atoms with E-state index in [1.807, 2.05) is 20.0 Å². The van der Waals surface area contributed by atoms with Gasteiger partial charge < -0.3 is 10.2 Å². The Labute approximate surface area is 210 Å². The Kier molecular flexibility index (Phi) is 8.64. The van der Waals surface area contributed by atoms with E-state index in [1.54, 1.807) is 10.7 Å². The van der Waals surface area contributed by atoms with Crippen LogP contribution in [0.3, 0.4) is 0 Å². The summed E-state index contributed by atoms with van der Waals surface area (Å²) < 4.78 is 39.3. The molecule has 2 aliphatic rings. The van der Waals surface area contributed by atoms with E-state index in [-0.39, 0.29) is 24.8 Å². The molecule has 0 bridgehead atoms. The van der Waals surface area contributed by atoms with Gasteiger partial charge in [0.1, 0.15) is 11.6 Å². The summed E-state index contributed by atoms with van der Waals surface area (Å²) in [7, 11) is 1.81. The number of rotatable bonds is 8. The van der Waals surface area contributed by atoms with Gasteiger partial charge in [0.2, 0.25) is 5.91 Å². The monoisotopic (exact) mass is 506 g/mol. The number of halogens is 3. The van der Waals surface area contributed by atoms with Crippen molar-refractivity contribution in [2.45, 2.75) is 83.4 Å². The number of carbonyl (C=O) groups excluding carboxylic acids is 1. The lowest BCUT2D eigenvalue weighted by Crippen LogP contribution is -2.39. The largest absolute Gasteiger partial charge is 0.389 e. The second-order valence-electron chi connectivity index (χ2n) is 10.3. The molecule has 3 heterocycles. The van der Waals surface area contributed by atoms with Crippen molar-refractivity contribution in [1.29, 1.82) is 0 Å². The maximum Gasteiger partial charge on any atom is 0.389 e. The minimum Gasteiger partial charge on any atom is -0.353 e. The fourth-order valence-electron chi connectivity index (χ4n) is 5.40. The lowest BCUT2D eigenvalue weighted by atomic mass is 9.84. The zero-order chi connectivity index (χ0) is 25.7. The highest BCUT2D eigenvalue weighted by Crippen LogP contribution is 2.28. The number of nitrogens with zero attached hydrogens (tertiary/aromatic N) is 5. The molecule has 0 saturated heterocycles. The standard InChI is InChI=1S/C26H37F3N6O/c1-18-30-24(34(2)33-18)17-25(36)32-21-6-3-19(4-7-21)10-14-35-15-11-20-5-8-22(9-13-26(27,28)29)31-23(20)12-16-35/h5,8,19,21H,3-4,6-7,9-17H2,1-2H3,(H,32,36)/t19-,21-. The van der Waals surface area contributed by atoms with Gasteiger partial charge in [0.15, 0.2) is 0 Å². The molecule has 1 aliphatic heterocycles. The van der Waals surface area contributed by atoms with Gasteiger partial charge in [-0.05, 0) is 76.0 Å². The molecule has 1 fully saturated rings. The molecule has 0 radical (unpaired) electrons. The molecule has 2 aromatic rings. The fraction of sp³-hybridized carbons (Fsp3) is 0.692. The molecule has 0 aromatic carbocycles. The summed E-state index contributed by atoms with van der Waals surface area (Å²) in [6.07, 6.45) is 2.30. The molecule has 1 amide bonds. The van der Waals surface area contributed by atoms with E-state index in [2.05, 4.69) is 25.3 Å². The van der Waals surface area contributed by atoms with Crippen molar-refractivity contribution >= 4 is 5.91 Å². The molecule has 10 heteroatoms. The van der Waals surface area contributed by atoms with Crippen LogP contribution in [0.5, 0.6) is 0 Å². The van der Waals surface area contributed by atoms with Gasteiger partial charge in [0.25, 0.3) is 0 Å². The molecule has 7 nitrogen and oxygen atoms in total. The molecule has 4 rings (SSSR count). The minimum absolute atomic E-state index is 0.00764. The van der Waals surface area contributed by atoms with Gasteiger partial charge in [0, 0.05) is 50.4 Å². The number of hydrogen-bond donors (Lipinski definition) is 1. The first-order valence-corrected chi connectivity index (χ1v) is 13.1. The molecular weight excluding hydrogens is 469 g/mol. The van der Waals surface area contributed by atoms with Crippen molar-refractivity contribution in [1.82, 2.24) is 30.0 Å². The van der Waals surface area contributed by atoms with Crippen LogP contribution < -0.4 is 5.32 Å². The van der Waals surface area contributed by atoms with Crippen LogP contribution in [0.25, 0.3) is 0 Å². The quantitative estimate of drug-likeness (QED) is 0.591. The molecule has 1 saturated carbocycles. The molecule has 0 spiro atoms. The molecule has 36 heavy (non-hydrogen) atoms. The van der Waals surface area contributed by atoms with Crippen LogP contribution in [0.1, 0.15) is 67.1 Å². The summed E-state index contributed by atoms with van der Waals surface area (Å²) in [6.45, 7) is 4.71. The van der Waals surface area contributed by atoms with Gasteiger partial charge >= 0.3 is 6.18 Å². The lowest BCUT2D eigenvalue weighted by Gasteiger charge is -2.30. The number of pyridine rings is 1. The van der Waals surface area contributed by atoms with E-state index in [9.17, 15) is 18.0 Å². The van der Waals surface area contributed by atoms with Gasteiger partial charge in [-0.15, -0.1) is 0 Å². The summed E-state index contributed by atoms with van der Waals surface area (Å²) in [5, 5.41) is 7.37. The van der Waals surface area contributed by atoms with Crippen molar-refractivity contribution in [2.24, 2.45) is 13.0 Å². The summed E-state index contributed by atoms with van der Waals surface area (Å²) >= 11 is 0. The second kappa shape index (κ2) is 11.7. The van der Waals surface area contributed by atoms with Crippen LogP contribution in [-0.4, -0.2) is 62.4 Å². The molecule has 1 aliphatic carbocycles. The number of alkyl halides is 3. The van der Waals surface area contributed by atoms with Crippen molar-refractivity contribution in [3.05, 3.63) is 40.7 Å². The SMILES string of the molecule is Cc1nc(CC(=O)N[C@H]2CC[C@H](CCN3CCc4ccc(CCC(F)(F)F)nc4CC3)CC2)n(C)n1. The number of fused-ring (bicyclic) bond motifs is 1. The van der Waals surface area contributed by atoms with Crippen molar-refractivity contribution in [3.8, 4) is 0 Å². The predicted molar refractivity (Wildman–Crippen MR) is 130 cm³/mol. The van der Waals surface area contributed by atoms with Crippen molar-refractivity contribution in [2.75, 3.05) is 19.6 Å². The number of carbonyl (C=O) groups is 1. The molecule has 198 valence electrons. The Morgan fingerprint density at radius 2 is 1.86 bits per heavy atom. The number of hydrogen-bond acceptors (Lipinski definition) is 5. The highest BCUT2D eigenvalue weighted by molar-refractivity contribution is 5.78. The molecule has 0 unspecified atom stereocenters. The van der Waals surface area contributed by atoms with Crippen LogP contribution in [0.4, 0.5) is 13.2 Å². The van der Waals surface area contributed by atoms with E-state index >= 15 is 0 Å². The first kappa shape index (κ1) is 26.6. The zero-order valence-corrected chi connectivity index (χ0v) is 21.3. The Morgan fingerprint density at radius 1 is 1.11 bits per heavy atom. The lowest BCUT2D eigenvalue weighted by molar-refractivity contribution is -0.134. The van der Waals surface area contributed by atoms with E-state index < -0.39 is 12.6 Å². The molecular formula is C26H37F3N6O. The first-order valence-electron chi connectivity index (χ1n) is 13.1. The highest BCUT2D eigenvalue weighted by Gasteiger charge is 2.27. The van der Waals surface area contributed by atoms with E-state index in [0.29, 0.717) is 23.3 Å². The van der Waals surface area contributed by atoms with Crippen LogP contribution in [0, 0.1) is 12.8 Å². The average molecular weight is 507 g/mol. The van der Waals surface area contributed by atoms with E-state index in [0.717, 1.165) is 70.3 Å². The second-order valence-corrected chi connectivity index (χ2v) is 10.3. The maximum absolute atomic E-state index is 12.5. The van der Waals surface area contributed by atoms with Crippen LogP contribution in [-0.2, 0) is 37.5 Å². The number of aryl methyl sites for hydroxylation is 3. The van der Waals surface area contributed by atoms with Gasteiger partial charge in [-0.25, -0.2) is 4.98 Å². The van der Waals surface area contributed by atoms with Gasteiger partial charge in [-0.1, -0.05) is 6.07 Å². The highest BCUT2D eigenvalue weighted by atomic mass is 19.4. The summed E-state index contributed by atoms with van der Waals surface area (Å²) in [5.41, 5.74) is 2.67. The first-order chi connectivity index (χ1) is 17.1. The van der Waals surface area contributed by atoms with Gasteiger partial charge in [0.05, 0.1) is 6.42 Å². The molecule has 0 atom stereocenters. The van der Waals surface area contributed by atoms with E-state index in [1.165, 1.54) is 5.56 Å². The van der Waals surface area contributed by atoms with Gasteiger partial charge in [-0.2, -0.15) is 18.3 Å². The summed E-state index contributed by atoms with van der Waals surface area (Å²) in [5.74, 6) is 2.03. The summed E-state index contributed by atoms with van der Waals surface area (Å²) in [6, 6.07) is 3.96. The van der Waals surface area contributed by atoms with Crippen molar-refractivity contribution in [3.63, 3.8) is 0 Å². The number of nitrogens with one attached hydrogen (secondary N) is 1. The Hall–Kier alpha value is -2.49. The Morgan fingerprint density at radius 3 is 2.56 bits per heavy atom. The molecule has 2 aromatic heterocycles. The number of aromatic nitrogens is 4. The van der Waals surface area contributed by atoms with Crippen LogP contribution in [0.2, 0.25) is 0 Å². The topological polar surface area (TPSA) is 75.9 Å². The maximum atomic E-state index is 12.5. The molecule has 1 N–H and O–H groups in total. The van der Waals surface area contributed by atoms with Crippen LogP contribution >= 0.6 is 0 Å². The Balaban J connectivity index is 1.16. The smallest absolute Gasteiger partial charge is 0.353 e. The van der Waals surface area contributed by atoms with Gasteiger partial charge in [-0.3, -0.25) is 14.5 Å². The summed E-state index contributed by atoms with van der Waals surface area (Å²) in [4.78, 5) is 23.8. The number of amides is 1. The third kappa shape index (κ3) is 7.75. The Bertz CT molecular complexity index is 1030. The average Bonchev–Trinajstić information content (AvgIpc) is 3.01. The third-order valence-corrected chi connectivity index (χ3v) is 7.50. The third-order valence-electron chi connectivity index (χ3n) is 7.50. The van der Waals surface area contributed by atoms with Crippen molar-refractivity contribution < 1.29 is 18.0 Å². The normalized spacial score (nSPS) is 21.1. The minimum atomic E-state index is -4.15. The van der Waals surface area contributed by atoms with E-state index in [4.69, 9.17) is 0 Å². The fourth-order valence-corrected chi connectivity index (χ4v) is 5.40. The van der Waals surface area contributed by atoms with Crippen LogP contribution in [0.15, 0.2) is 12.1 Å². The zero-order valence-electron chi connectivity index (χ0n) is 21.3. The predicted octanol–water partition coefficient (Wildman–Crippen LogP) is 3.72.